The SMILES string of the molecule is O=C(CCCN=C1NC(=O)C(=O)N1)NC1CC1. The summed E-state index contributed by atoms with van der Waals surface area (Å²) >= 11 is 0. The fourth-order valence-electron chi connectivity index (χ4n) is 1.40. The van der Waals surface area contributed by atoms with Crippen molar-refractivity contribution in [2.24, 2.45) is 4.99 Å². The van der Waals surface area contributed by atoms with Gasteiger partial charge >= 0.3 is 11.8 Å². The standard InChI is InChI=1S/C10H14N4O3/c15-7(12-6-3-4-6)2-1-5-11-10-13-8(16)9(17)14-10/h6H,1-5H2,(H,12,15)(H2,11,13,14,16,17). The third-order valence-corrected chi connectivity index (χ3v) is 2.44. The molecule has 2 rings (SSSR count). The first-order chi connectivity index (χ1) is 8.15. The van der Waals surface area contributed by atoms with Gasteiger partial charge in [-0.2, -0.15) is 0 Å². The van der Waals surface area contributed by atoms with Gasteiger partial charge in [-0.15, -0.1) is 0 Å². The Balaban J connectivity index is 1.62. The van der Waals surface area contributed by atoms with E-state index in [1.807, 2.05) is 0 Å². The van der Waals surface area contributed by atoms with E-state index in [-0.39, 0.29) is 11.9 Å². The van der Waals surface area contributed by atoms with Crippen LogP contribution in [0.15, 0.2) is 4.99 Å². The van der Waals surface area contributed by atoms with Gasteiger partial charge in [0.1, 0.15) is 0 Å². The lowest BCUT2D eigenvalue weighted by molar-refractivity contribution is -0.135. The van der Waals surface area contributed by atoms with Crippen molar-refractivity contribution in [3.63, 3.8) is 0 Å². The number of aliphatic imine (C=N–C) groups is 1. The second kappa shape index (κ2) is 4.94. The number of amides is 3. The summed E-state index contributed by atoms with van der Waals surface area (Å²) in [4.78, 5) is 36.8. The summed E-state index contributed by atoms with van der Waals surface area (Å²) < 4.78 is 0. The molecule has 3 N–H and O–H groups in total. The molecule has 3 amide bonds. The maximum absolute atomic E-state index is 11.3. The Bertz CT molecular complexity index is 369. The molecule has 0 spiro atoms. The molecule has 2 aliphatic rings. The van der Waals surface area contributed by atoms with Crippen LogP contribution in [0.5, 0.6) is 0 Å². The molecule has 0 aromatic rings. The van der Waals surface area contributed by atoms with Crippen molar-refractivity contribution in [2.75, 3.05) is 6.54 Å². The third-order valence-electron chi connectivity index (χ3n) is 2.44. The van der Waals surface area contributed by atoms with Gasteiger partial charge in [0.15, 0.2) is 0 Å². The number of carbonyl (C=O) groups is 3. The summed E-state index contributed by atoms with van der Waals surface area (Å²) in [5.74, 6) is -1.19. The Morgan fingerprint density at radius 2 is 1.94 bits per heavy atom. The number of carbonyl (C=O) groups excluding carboxylic acids is 3. The zero-order valence-electron chi connectivity index (χ0n) is 9.28. The van der Waals surface area contributed by atoms with Gasteiger partial charge in [-0.1, -0.05) is 0 Å². The maximum atomic E-state index is 11.3. The normalized spacial score (nSPS) is 18.7. The fraction of sp³-hybridized carbons (Fsp3) is 0.600. The molecule has 1 saturated heterocycles. The smallest absolute Gasteiger partial charge is 0.316 e. The van der Waals surface area contributed by atoms with Crippen LogP contribution in [0.1, 0.15) is 25.7 Å². The Morgan fingerprint density at radius 1 is 1.29 bits per heavy atom. The lowest BCUT2D eigenvalue weighted by Crippen LogP contribution is -2.27. The van der Waals surface area contributed by atoms with E-state index >= 15 is 0 Å². The van der Waals surface area contributed by atoms with Gasteiger partial charge < -0.3 is 5.32 Å². The van der Waals surface area contributed by atoms with Gasteiger partial charge in [-0.3, -0.25) is 30.0 Å². The molecule has 1 heterocycles. The molecule has 0 aromatic heterocycles. The largest absolute Gasteiger partial charge is 0.353 e. The van der Waals surface area contributed by atoms with Crippen molar-refractivity contribution in [1.82, 2.24) is 16.0 Å². The molecule has 0 atom stereocenters. The van der Waals surface area contributed by atoms with E-state index in [1.54, 1.807) is 0 Å². The lowest BCUT2D eigenvalue weighted by atomic mass is 10.3. The van der Waals surface area contributed by atoms with Crippen molar-refractivity contribution in [1.29, 1.82) is 0 Å². The summed E-state index contributed by atoms with van der Waals surface area (Å²) in [5, 5.41) is 7.44. The number of rotatable bonds is 5. The summed E-state index contributed by atoms with van der Waals surface area (Å²) in [6.45, 7) is 0.397. The van der Waals surface area contributed by atoms with Gasteiger partial charge in [0.05, 0.1) is 0 Å². The Kier molecular flexibility index (Phi) is 3.36. The lowest BCUT2D eigenvalue weighted by Gasteiger charge is -2.01. The molecule has 2 fully saturated rings. The number of hydrogen-bond acceptors (Lipinski definition) is 4. The first-order valence-corrected chi connectivity index (χ1v) is 5.61. The topological polar surface area (TPSA) is 99.7 Å². The average Bonchev–Trinajstić information content (AvgIpc) is 3.02. The molecule has 0 bridgehead atoms. The van der Waals surface area contributed by atoms with Crippen molar-refractivity contribution in [3.05, 3.63) is 0 Å². The molecular weight excluding hydrogens is 224 g/mol. The van der Waals surface area contributed by atoms with E-state index in [0.29, 0.717) is 25.4 Å². The molecule has 92 valence electrons. The number of hydrogen-bond donors (Lipinski definition) is 3. The van der Waals surface area contributed by atoms with Crippen LogP contribution in [-0.4, -0.2) is 36.3 Å². The van der Waals surface area contributed by atoms with Crippen molar-refractivity contribution < 1.29 is 14.4 Å². The van der Waals surface area contributed by atoms with Crippen LogP contribution >= 0.6 is 0 Å². The molecule has 0 aromatic carbocycles. The summed E-state index contributed by atoms with van der Waals surface area (Å²) in [7, 11) is 0. The quantitative estimate of drug-likeness (QED) is 0.407. The molecule has 7 nitrogen and oxygen atoms in total. The van der Waals surface area contributed by atoms with Crippen molar-refractivity contribution in [3.8, 4) is 0 Å². The molecule has 1 saturated carbocycles. The van der Waals surface area contributed by atoms with E-state index in [9.17, 15) is 14.4 Å². The number of guanidine groups is 1. The van der Waals surface area contributed by atoms with E-state index in [0.717, 1.165) is 12.8 Å². The van der Waals surface area contributed by atoms with Crippen LogP contribution in [0.4, 0.5) is 0 Å². The van der Waals surface area contributed by atoms with Gasteiger partial charge in [0.2, 0.25) is 11.9 Å². The molecule has 0 radical (unpaired) electrons. The minimum atomic E-state index is -0.699. The maximum Gasteiger partial charge on any atom is 0.316 e. The summed E-state index contributed by atoms with van der Waals surface area (Å²) in [6.07, 6.45) is 3.15. The Morgan fingerprint density at radius 3 is 2.53 bits per heavy atom. The molecule has 17 heavy (non-hydrogen) atoms. The minimum Gasteiger partial charge on any atom is -0.353 e. The zero-order valence-corrected chi connectivity index (χ0v) is 9.28. The molecular formula is C10H14N4O3. The fourth-order valence-corrected chi connectivity index (χ4v) is 1.40. The van der Waals surface area contributed by atoms with Crippen LogP contribution < -0.4 is 16.0 Å². The molecule has 0 unspecified atom stereocenters. The van der Waals surface area contributed by atoms with Gasteiger partial charge in [0.25, 0.3) is 0 Å². The zero-order chi connectivity index (χ0) is 12.3. The average molecular weight is 238 g/mol. The molecule has 1 aliphatic heterocycles. The van der Waals surface area contributed by atoms with Gasteiger partial charge in [-0.25, -0.2) is 0 Å². The van der Waals surface area contributed by atoms with Gasteiger partial charge in [-0.05, 0) is 19.3 Å². The summed E-state index contributed by atoms with van der Waals surface area (Å²) in [5.41, 5.74) is 0. The molecule has 1 aliphatic carbocycles. The number of nitrogens with zero attached hydrogens (tertiary/aromatic N) is 1. The predicted octanol–water partition coefficient (Wildman–Crippen LogP) is -1.35. The first-order valence-electron chi connectivity index (χ1n) is 5.61. The van der Waals surface area contributed by atoms with E-state index < -0.39 is 11.8 Å². The van der Waals surface area contributed by atoms with Gasteiger partial charge in [0, 0.05) is 19.0 Å². The predicted molar refractivity (Wildman–Crippen MR) is 59.0 cm³/mol. The Hall–Kier alpha value is -1.92. The van der Waals surface area contributed by atoms with Crippen LogP contribution in [0.2, 0.25) is 0 Å². The minimum absolute atomic E-state index is 0.0344. The Labute approximate surface area is 98.0 Å². The summed E-state index contributed by atoms with van der Waals surface area (Å²) in [6, 6.07) is 0.377. The highest BCUT2D eigenvalue weighted by molar-refractivity contribution is 6.45. The second-order valence-corrected chi connectivity index (χ2v) is 4.08. The highest BCUT2D eigenvalue weighted by Gasteiger charge is 2.25. The first kappa shape index (κ1) is 11.6. The monoisotopic (exact) mass is 238 g/mol. The molecule has 7 heteroatoms. The van der Waals surface area contributed by atoms with Crippen LogP contribution in [0.25, 0.3) is 0 Å². The van der Waals surface area contributed by atoms with Crippen molar-refractivity contribution >= 4 is 23.7 Å². The van der Waals surface area contributed by atoms with Crippen molar-refractivity contribution in [2.45, 2.75) is 31.7 Å². The van der Waals surface area contributed by atoms with E-state index in [2.05, 4.69) is 20.9 Å². The highest BCUT2D eigenvalue weighted by atomic mass is 16.2. The van der Waals surface area contributed by atoms with Crippen LogP contribution in [0, 0.1) is 0 Å². The van der Waals surface area contributed by atoms with Crippen LogP contribution in [0.3, 0.4) is 0 Å². The number of nitrogens with one attached hydrogen (secondary N) is 3. The van der Waals surface area contributed by atoms with Crippen LogP contribution in [-0.2, 0) is 14.4 Å². The third kappa shape index (κ3) is 3.54. The van der Waals surface area contributed by atoms with E-state index in [4.69, 9.17) is 0 Å². The van der Waals surface area contributed by atoms with E-state index in [1.165, 1.54) is 0 Å². The second-order valence-electron chi connectivity index (χ2n) is 4.08. The highest BCUT2D eigenvalue weighted by Crippen LogP contribution is 2.18.